The SMILES string of the molecule is C=CCN1C(=O)C(CC(=O)[O-])NC1=S. The van der Waals surface area contributed by atoms with E-state index in [1.807, 2.05) is 0 Å². The van der Waals surface area contributed by atoms with Gasteiger partial charge in [0.05, 0.1) is 0 Å². The van der Waals surface area contributed by atoms with Crippen LogP contribution in [0, 0.1) is 0 Å². The summed E-state index contributed by atoms with van der Waals surface area (Å²) in [5.41, 5.74) is 0. The summed E-state index contributed by atoms with van der Waals surface area (Å²) in [6.07, 6.45) is 1.15. The summed E-state index contributed by atoms with van der Waals surface area (Å²) in [5, 5.41) is 13.1. The van der Waals surface area contributed by atoms with Crippen molar-refractivity contribution in [3.63, 3.8) is 0 Å². The Labute approximate surface area is 86.4 Å². The molecule has 0 aromatic carbocycles. The van der Waals surface area contributed by atoms with E-state index in [2.05, 4.69) is 11.9 Å². The molecule has 0 spiro atoms. The molecule has 0 aromatic heterocycles. The van der Waals surface area contributed by atoms with Crippen LogP contribution in [0.25, 0.3) is 0 Å². The Morgan fingerprint density at radius 1 is 1.79 bits per heavy atom. The number of rotatable bonds is 4. The van der Waals surface area contributed by atoms with Crippen molar-refractivity contribution >= 4 is 29.2 Å². The smallest absolute Gasteiger partial charge is 0.251 e. The third-order valence-corrected chi connectivity index (χ3v) is 2.13. The van der Waals surface area contributed by atoms with Crippen LogP contribution in [0.1, 0.15) is 6.42 Å². The van der Waals surface area contributed by atoms with Crippen LogP contribution in [0.4, 0.5) is 0 Å². The number of thiocarbonyl (C=S) groups is 1. The first-order valence-corrected chi connectivity index (χ1v) is 4.39. The first-order chi connectivity index (χ1) is 6.56. The fourth-order valence-electron chi connectivity index (χ4n) is 1.18. The first-order valence-electron chi connectivity index (χ1n) is 3.99. The molecule has 76 valence electrons. The van der Waals surface area contributed by atoms with E-state index in [4.69, 9.17) is 12.2 Å². The standard InChI is InChI=1S/C8H10N2O3S/c1-2-3-10-7(13)5(4-6(11)12)9-8(10)14/h2,5H,1,3-4H2,(H,9,14)(H,11,12)/p-1. The average Bonchev–Trinajstić information content (AvgIpc) is 2.32. The number of amides is 1. The Morgan fingerprint density at radius 2 is 2.43 bits per heavy atom. The van der Waals surface area contributed by atoms with Crippen LogP contribution in [0.5, 0.6) is 0 Å². The number of carbonyl (C=O) groups is 2. The highest BCUT2D eigenvalue weighted by atomic mass is 32.1. The topological polar surface area (TPSA) is 72.5 Å². The van der Waals surface area contributed by atoms with Gasteiger partial charge in [0, 0.05) is 18.9 Å². The van der Waals surface area contributed by atoms with Gasteiger partial charge in [-0.3, -0.25) is 9.69 Å². The van der Waals surface area contributed by atoms with E-state index in [-0.39, 0.29) is 24.0 Å². The van der Waals surface area contributed by atoms with Gasteiger partial charge >= 0.3 is 0 Å². The van der Waals surface area contributed by atoms with Crippen molar-refractivity contribution < 1.29 is 14.7 Å². The van der Waals surface area contributed by atoms with Crippen molar-refractivity contribution in [3.05, 3.63) is 12.7 Å². The highest BCUT2D eigenvalue weighted by Gasteiger charge is 2.34. The number of carbonyl (C=O) groups excluding carboxylic acids is 2. The van der Waals surface area contributed by atoms with Gasteiger partial charge in [-0.2, -0.15) is 0 Å². The minimum absolute atomic E-state index is 0.237. The lowest BCUT2D eigenvalue weighted by Gasteiger charge is -2.11. The molecular weight excluding hydrogens is 204 g/mol. The lowest BCUT2D eigenvalue weighted by molar-refractivity contribution is -0.306. The lowest BCUT2D eigenvalue weighted by Crippen LogP contribution is -2.37. The van der Waals surface area contributed by atoms with Crippen molar-refractivity contribution in [1.29, 1.82) is 0 Å². The van der Waals surface area contributed by atoms with Gasteiger partial charge in [0.1, 0.15) is 6.04 Å². The first kappa shape index (κ1) is 10.6. The molecule has 1 heterocycles. The van der Waals surface area contributed by atoms with Crippen molar-refractivity contribution in [2.45, 2.75) is 12.5 Å². The van der Waals surface area contributed by atoms with E-state index in [0.29, 0.717) is 0 Å². The molecule has 1 N–H and O–H groups in total. The molecule has 1 saturated heterocycles. The quantitative estimate of drug-likeness (QED) is 0.449. The Hall–Kier alpha value is -1.43. The zero-order valence-corrected chi connectivity index (χ0v) is 8.17. The second kappa shape index (κ2) is 4.19. The van der Waals surface area contributed by atoms with Crippen LogP contribution < -0.4 is 10.4 Å². The third kappa shape index (κ3) is 2.08. The van der Waals surface area contributed by atoms with E-state index in [9.17, 15) is 14.7 Å². The molecule has 1 atom stereocenters. The average molecular weight is 213 g/mol. The molecule has 1 aliphatic rings. The van der Waals surface area contributed by atoms with Gasteiger partial charge < -0.3 is 15.2 Å². The molecule has 0 aliphatic carbocycles. The van der Waals surface area contributed by atoms with Crippen molar-refractivity contribution in [3.8, 4) is 0 Å². The molecule has 0 radical (unpaired) electrons. The van der Waals surface area contributed by atoms with Gasteiger partial charge in [-0.15, -0.1) is 6.58 Å². The van der Waals surface area contributed by atoms with E-state index in [1.165, 1.54) is 11.0 Å². The van der Waals surface area contributed by atoms with Crippen LogP contribution in [0.3, 0.4) is 0 Å². The van der Waals surface area contributed by atoms with Crippen LogP contribution in [-0.4, -0.2) is 34.5 Å². The second-order valence-corrected chi connectivity index (χ2v) is 3.20. The predicted octanol–water partition coefficient (Wildman–Crippen LogP) is -1.60. The molecular formula is C8H9N2O3S-. The zero-order chi connectivity index (χ0) is 10.7. The minimum Gasteiger partial charge on any atom is -0.550 e. The Balaban J connectivity index is 2.68. The molecule has 1 fully saturated rings. The van der Waals surface area contributed by atoms with Crippen LogP contribution in [0.15, 0.2) is 12.7 Å². The van der Waals surface area contributed by atoms with Crippen molar-refractivity contribution in [2.24, 2.45) is 0 Å². The van der Waals surface area contributed by atoms with Crippen molar-refractivity contribution in [2.75, 3.05) is 6.54 Å². The predicted molar refractivity (Wildman–Crippen MR) is 51.1 cm³/mol. The third-order valence-electron chi connectivity index (χ3n) is 1.79. The molecule has 5 nitrogen and oxygen atoms in total. The molecule has 6 heteroatoms. The highest BCUT2D eigenvalue weighted by Crippen LogP contribution is 2.08. The van der Waals surface area contributed by atoms with Crippen LogP contribution >= 0.6 is 12.2 Å². The minimum atomic E-state index is -1.28. The summed E-state index contributed by atoms with van der Waals surface area (Å²) < 4.78 is 0. The fourth-order valence-corrected chi connectivity index (χ4v) is 1.49. The maximum Gasteiger partial charge on any atom is 0.251 e. The van der Waals surface area contributed by atoms with Gasteiger partial charge in [0.2, 0.25) is 0 Å². The van der Waals surface area contributed by atoms with Crippen LogP contribution in [0.2, 0.25) is 0 Å². The molecule has 1 aliphatic heterocycles. The fraction of sp³-hybridized carbons (Fsp3) is 0.375. The lowest BCUT2D eigenvalue weighted by atomic mass is 10.2. The monoisotopic (exact) mass is 213 g/mol. The molecule has 1 unspecified atom stereocenters. The van der Waals surface area contributed by atoms with Gasteiger partial charge in [-0.25, -0.2) is 0 Å². The van der Waals surface area contributed by atoms with E-state index in [0.717, 1.165) is 0 Å². The maximum absolute atomic E-state index is 11.5. The number of hydrogen-bond acceptors (Lipinski definition) is 4. The normalized spacial score (nSPS) is 20.9. The number of nitrogens with one attached hydrogen (secondary N) is 1. The Kier molecular flexibility index (Phi) is 3.19. The molecule has 14 heavy (non-hydrogen) atoms. The van der Waals surface area contributed by atoms with Gasteiger partial charge in [-0.05, 0) is 12.2 Å². The number of aliphatic carboxylic acids is 1. The number of carboxylic acids is 1. The summed E-state index contributed by atoms with van der Waals surface area (Å²) in [6.45, 7) is 3.75. The maximum atomic E-state index is 11.5. The Bertz CT molecular complexity index is 303. The number of nitrogens with zero attached hydrogens (tertiary/aromatic N) is 1. The summed E-state index contributed by atoms with van der Waals surface area (Å²) in [7, 11) is 0. The van der Waals surface area contributed by atoms with Crippen molar-refractivity contribution in [1.82, 2.24) is 10.2 Å². The summed E-state index contributed by atoms with van der Waals surface area (Å²) in [5.74, 6) is -1.63. The second-order valence-electron chi connectivity index (χ2n) is 2.82. The summed E-state index contributed by atoms with van der Waals surface area (Å²) >= 11 is 4.85. The van der Waals surface area contributed by atoms with E-state index in [1.54, 1.807) is 0 Å². The van der Waals surface area contributed by atoms with Gasteiger partial charge in [-0.1, -0.05) is 6.08 Å². The molecule has 0 bridgehead atoms. The van der Waals surface area contributed by atoms with Gasteiger partial charge in [0.25, 0.3) is 5.91 Å². The summed E-state index contributed by atoms with van der Waals surface area (Å²) in [4.78, 5) is 23.0. The van der Waals surface area contributed by atoms with E-state index < -0.39 is 12.0 Å². The largest absolute Gasteiger partial charge is 0.550 e. The van der Waals surface area contributed by atoms with Gasteiger partial charge in [0.15, 0.2) is 5.11 Å². The molecule has 1 amide bonds. The van der Waals surface area contributed by atoms with E-state index >= 15 is 0 Å². The van der Waals surface area contributed by atoms with Crippen LogP contribution in [-0.2, 0) is 9.59 Å². The number of carboxylic acid groups (broad SMARTS) is 1. The molecule has 0 aromatic rings. The Morgan fingerprint density at radius 3 is 2.93 bits per heavy atom. The molecule has 0 saturated carbocycles. The molecule has 1 rings (SSSR count). The highest BCUT2D eigenvalue weighted by molar-refractivity contribution is 7.80. The summed E-state index contributed by atoms with van der Waals surface area (Å²) in [6, 6.07) is -0.799. The number of hydrogen-bond donors (Lipinski definition) is 1. The zero-order valence-electron chi connectivity index (χ0n) is 7.36.